The minimum absolute atomic E-state index is 0.118. The van der Waals surface area contributed by atoms with Crippen LogP contribution in [0.3, 0.4) is 0 Å². The van der Waals surface area contributed by atoms with Gasteiger partial charge in [-0.3, -0.25) is 10.1 Å². The molecule has 0 aromatic heterocycles. The molecule has 9 heteroatoms. The zero-order chi connectivity index (χ0) is 15.3. The molecule has 108 valence electrons. The molecule has 0 heterocycles. The van der Waals surface area contributed by atoms with Crippen LogP contribution in [0.2, 0.25) is 0 Å². The molecular weight excluding hydrogens is 270 g/mol. The molecule has 0 bridgehead atoms. The predicted molar refractivity (Wildman–Crippen MR) is 68.5 cm³/mol. The molecule has 1 aromatic carbocycles. The van der Waals surface area contributed by atoms with Gasteiger partial charge in [0.1, 0.15) is 0 Å². The van der Waals surface area contributed by atoms with Gasteiger partial charge in [-0.25, -0.2) is 9.59 Å². The Labute approximate surface area is 113 Å². The van der Waals surface area contributed by atoms with E-state index < -0.39 is 29.6 Å². The van der Waals surface area contributed by atoms with Crippen LogP contribution in [0.5, 0.6) is 0 Å². The van der Waals surface area contributed by atoms with Gasteiger partial charge in [-0.1, -0.05) is 0 Å². The van der Waals surface area contributed by atoms with Crippen LogP contribution >= 0.6 is 0 Å². The minimum Gasteiger partial charge on any atom is -0.480 e. The highest BCUT2D eigenvalue weighted by molar-refractivity contribution is 5.93. The molecule has 2 amide bonds. The zero-order valence-corrected chi connectivity index (χ0v) is 10.5. The van der Waals surface area contributed by atoms with E-state index in [1.807, 2.05) is 5.32 Å². The van der Waals surface area contributed by atoms with Gasteiger partial charge in [0.2, 0.25) is 0 Å². The first kappa shape index (κ1) is 15.4. The first-order valence-electron chi connectivity index (χ1n) is 5.51. The fraction of sp³-hybridized carbons (Fsp3) is 0.273. The Morgan fingerprint density at radius 2 is 2.10 bits per heavy atom. The van der Waals surface area contributed by atoms with Gasteiger partial charge in [0, 0.05) is 17.8 Å². The van der Waals surface area contributed by atoms with Crippen LogP contribution in [0.1, 0.15) is 5.56 Å². The molecule has 1 aromatic rings. The summed E-state index contributed by atoms with van der Waals surface area (Å²) < 4.78 is 0. The molecule has 4 N–H and O–H groups in total. The monoisotopic (exact) mass is 283 g/mol. The summed E-state index contributed by atoms with van der Waals surface area (Å²) in [7, 11) is 0. The average Bonchev–Trinajstić information content (AvgIpc) is 2.37. The predicted octanol–water partition coefficient (Wildman–Crippen LogP) is 0.470. The van der Waals surface area contributed by atoms with Crippen LogP contribution in [0.4, 0.5) is 16.2 Å². The molecule has 0 aliphatic rings. The highest BCUT2D eigenvalue weighted by Gasteiger charge is 2.19. The van der Waals surface area contributed by atoms with Gasteiger partial charge in [-0.2, -0.15) is 0 Å². The summed E-state index contributed by atoms with van der Waals surface area (Å²) >= 11 is 0. The number of nitro groups is 1. The SMILES string of the molecule is Cc1cc([N+](=O)[O-])ccc1NC(=O)NC(CO)C(=O)O. The highest BCUT2D eigenvalue weighted by atomic mass is 16.6. The van der Waals surface area contributed by atoms with E-state index in [0.29, 0.717) is 11.3 Å². The maximum atomic E-state index is 11.5. The van der Waals surface area contributed by atoms with Crippen molar-refractivity contribution >= 4 is 23.4 Å². The summed E-state index contributed by atoms with van der Waals surface area (Å²) in [5.41, 5.74) is 0.632. The summed E-state index contributed by atoms with van der Waals surface area (Å²) in [6, 6.07) is 1.57. The Hall–Kier alpha value is -2.68. The molecule has 0 radical (unpaired) electrons. The summed E-state index contributed by atoms with van der Waals surface area (Å²) in [6.07, 6.45) is 0. The number of urea groups is 1. The number of carbonyl (C=O) groups excluding carboxylic acids is 1. The second-order valence-electron chi connectivity index (χ2n) is 3.93. The second-order valence-corrected chi connectivity index (χ2v) is 3.93. The first-order chi connectivity index (χ1) is 9.35. The van der Waals surface area contributed by atoms with Gasteiger partial charge in [-0.05, 0) is 18.6 Å². The van der Waals surface area contributed by atoms with Crippen LogP contribution in [0.15, 0.2) is 18.2 Å². The van der Waals surface area contributed by atoms with Gasteiger partial charge < -0.3 is 20.8 Å². The van der Waals surface area contributed by atoms with Gasteiger partial charge in [0.05, 0.1) is 11.5 Å². The number of benzene rings is 1. The number of non-ortho nitro benzene ring substituents is 1. The Kier molecular flexibility index (Phi) is 4.98. The van der Waals surface area contributed by atoms with E-state index in [1.165, 1.54) is 18.2 Å². The number of aliphatic hydroxyl groups excluding tert-OH is 1. The number of aliphatic carboxylic acids is 1. The maximum Gasteiger partial charge on any atom is 0.328 e. The van der Waals surface area contributed by atoms with Crippen molar-refractivity contribution in [2.45, 2.75) is 13.0 Å². The molecule has 0 saturated heterocycles. The lowest BCUT2D eigenvalue weighted by Gasteiger charge is -2.13. The van der Waals surface area contributed by atoms with Crippen LogP contribution in [0.25, 0.3) is 0 Å². The molecule has 0 aliphatic heterocycles. The van der Waals surface area contributed by atoms with Crippen molar-refractivity contribution in [3.8, 4) is 0 Å². The van der Waals surface area contributed by atoms with Crippen LogP contribution in [0, 0.1) is 17.0 Å². The van der Waals surface area contributed by atoms with Crippen LogP contribution < -0.4 is 10.6 Å². The zero-order valence-electron chi connectivity index (χ0n) is 10.5. The van der Waals surface area contributed by atoms with Crippen molar-refractivity contribution in [1.82, 2.24) is 5.32 Å². The maximum absolute atomic E-state index is 11.5. The smallest absolute Gasteiger partial charge is 0.328 e. The number of carboxylic acids is 1. The lowest BCUT2D eigenvalue weighted by Crippen LogP contribution is -2.45. The summed E-state index contributed by atoms with van der Waals surface area (Å²) in [5, 5.41) is 32.4. The standard InChI is InChI=1S/C11H13N3O6/c1-6-4-7(14(19)20)2-3-8(6)12-11(18)13-9(5-15)10(16)17/h2-4,9,15H,5H2,1H3,(H,16,17)(H2,12,13,18). The Bertz CT molecular complexity index is 545. The van der Waals surface area contributed by atoms with Crippen molar-refractivity contribution < 1.29 is 24.7 Å². The van der Waals surface area contributed by atoms with Crippen molar-refractivity contribution in [2.24, 2.45) is 0 Å². The van der Waals surface area contributed by atoms with Crippen LogP contribution in [-0.2, 0) is 4.79 Å². The average molecular weight is 283 g/mol. The third-order valence-corrected chi connectivity index (χ3v) is 2.46. The number of hydrogen-bond acceptors (Lipinski definition) is 5. The first-order valence-corrected chi connectivity index (χ1v) is 5.51. The fourth-order valence-electron chi connectivity index (χ4n) is 1.40. The summed E-state index contributed by atoms with van der Waals surface area (Å²) in [5.74, 6) is -1.37. The van der Waals surface area contributed by atoms with Crippen molar-refractivity contribution in [1.29, 1.82) is 0 Å². The third kappa shape index (κ3) is 3.92. The Morgan fingerprint density at radius 3 is 2.55 bits per heavy atom. The number of rotatable bonds is 5. The summed E-state index contributed by atoms with van der Waals surface area (Å²) in [4.78, 5) is 32.1. The molecule has 1 unspecified atom stereocenters. The molecule has 0 fully saturated rings. The summed E-state index contributed by atoms with van der Waals surface area (Å²) in [6.45, 7) is 0.811. The number of carbonyl (C=O) groups is 2. The lowest BCUT2D eigenvalue weighted by atomic mass is 10.2. The molecule has 20 heavy (non-hydrogen) atoms. The molecular formula is C11H13N3O6. The van der Waals surface area contributed by atoms with E-state index >= 15 is 0 Å². The quantitative estimate of drug-likeness (QED) is 0.457. The van der Waals surface area contributed by atoms with Crippen molar-refractivity contribution in [2.75, 3.05) is 11.9 Å². The molecule has 1 atom stereocenters. The number of nitro benzene ring substituents is 1. The van der Waals surface area contributed by atoms with Crippen molar-refractivity contribution in [3.63, 3.8) is 0 Å². The van der Waals surface area contributed by atoms with Gasteiger partial charge in [0.15, 0.2) is 6.04 Å². The number of amides is 2. The van der Waals surface area contributed by atoms with Gasteiger partial charge in [0.25, 0.3) is 5.69 Å². The van der Waals surface area contributed by atoms with Crippen molar-refractivity contribution in [3.05, 3.63) is 33.9 Å². The Balaban J connectivity index is 2.76. The second kappa shape index (κ2) is 6.48. The van der Waals surface area contributed by atoms with E-state index in [0.717, 1.165) is 0 Å². The normalized spacial score (nSPS) is 11.5. The molecule has 0 saturated carbocycles. The number of nitrogens with zero attached hydrogens (tertiary/aromatic N) is 1. The Morgan fingerprint density at radius 1 is 1.45 bits per heavy atom. The van der Waals surface area contributed by atoms with E-state index in [9.17, 15) is 19.7 Å². The van der Waals surface area contributed by atoms with E-state index in [2.05, 4.69) is 5.32 Å². The number of aliphatic hydroxyl groups is 1. The number of carboxylic acid groups (broad SMARTS) is 1. The number of hydrogen-bond donors (Lipinski definition) is 4. The number of nitrogens with one attached hydrogen (secondary N) is 2. The van der Waals surface area contributed by atoms with E-state index in [4.69, 9.17) is 10.2 Å². The molecule has 0 spiro atoms. The molecule has 9 nitrogen and oxygen atoms in total. The minimum atomic E-state index is -1.42. The topological polar surface area (TPSA) is 142 Å². The molecule has 1 rings (SSSR count). The number of aryl methyl sites for hydroxylation is 1. The fourth-order valence-corrected chi connectivity index (χ4v) is 1.40. The van der Waals surface area contributed by atoms with E-state index in [1.54, 1.807) is 6.92 Å². The van der Waals surface area contributed by atoms with E-state index in [-0.39, 0.29) is 5.69 Å². The third-order valence-electron chi connectivity index (χ3n) is 2.46. The lowest BCUT2D eigenvalue weighted by molar-refractivity contribution is -0.384. The largest absolute Gasteiger partial charge is 0.480 e. The van der Waals surface area contributed by atoms with Crippen LogP contribution in [-0.4, -0.2) is 39.8 Å². The van der Waals surface area contributed by atoms with Gasteiger partial charge >= 0.3 is 12.0 Å². The highest BCUT2D eigenvalue weighted by Crippen LogP contribution is 2.20. The molecule has 0 aliphatic carbocycles. The number of anilines is 1. The van der Waals surface area contributed by atoms with Gasteiger partial charge in [-0.15, -0.1) is 0 Å².